The standard InChI is InChI=1S/C21H26FN3O4S/c1-16(25(30(3,27)28)17-8-10-18(29-2)11-9-17)21(26)24-14-12-23(13-15-24)20-7-5-4-6-19(20)22/h4-11,16H,12-15H2,1-3H3/t16-/m0/s1. The quantitative estimate of drug-likeness (QED) is 0.697. The van der Waals surface area contributed by atoms with Gasteiger partial charge in [-0.15, -0.1) is 0 Å². The molecule has 0 N–H and O–H groups in total. The highest BCUT2D eigenvalue weighted by Crippen LogP contribution is 2.25. The van der Waals surface area contributed by atoms with E-state index in [2.05, 4.69) is 0 Å². The van der Waals surface area contributed by atoms with Gasteiger partial charge in [-0.25, -0.2) is 12.8 Å². The lowest BCUT2D eigenvalue weighted by molar-refractivity contribution is -0.132. The van der Waals surface area contributed by atoms with E-state index in [-0.39, 0.29) is 11.7 Å². The van der Waals surface area contributed by atoms with Crippen molar-refractivity contribution in [2.75, 3.05) is 48.7 Å². The Hall–Kier alpha value is -2.81. The van der Waals surface area contributed by atoms with Crippen molar-refractivity contribution >= 4 is 27.3 Å². The summed E-state index contributed by atoms with van der Waals surface area (Å²) < 4.78 is 45.2. The number of piperazine rings is 1. The molecule has 1 saturated heterocycles. The van der Waals surface area contributed by atoms with Gasteiger partial charge in [0, 0.05) is 26.2 Å². The van der Waals surface area contributed by atoms with E-state index in [9.17, 15) is 17.6 Å². The number of amides is 1. The summed E-state index contributed by atoms with van der Waals surface area (Å²) in [6.07, 6.45) is 1.08. The molecule has 0 saturated carbocycles. The van der Waals surface area contributed by atoms with Gasteiger partial charge in [0.25, 0.3) is 0 Å². The summed E-state index contributed by atoms with van der Waals surface area (Å²) in [6, 6.07) is 12.2. The molecule has 2 aromatic rings. The summed E-state index contributed by atoms with van der Waals surface area (Å²) in [5, 5.41) is 0. The average molecular weight is 436 g/mol. The van der Waals surface area contributed by atoms with Gasteiger partial charge in [0.05, 0.1) is 24.7 Å². The monoisotopic (exact) mass is 435 g/mol. The van der Waals surface area contributed by atoms with Gasteiger partial charge >= 0.3 is 0 Å². The molecule has 0 aliphatic carbocycles. The fourth-order valence-electron chi connectivity index (χ4n) is 3.67. The van der Waals surface area contributed by atoms with Gasteiger partial charge in [0.15, 0.2) is 0 Å². The third-order valence-corrected chi connectivity index (χ3v) is 6.42. The van der Waals surface area contributed by atoms with E-state index in [0.717, 1.165) is 10.6 Å². The predicted octanol–water partition coefficient (Wildman–Crippen LogP) is 2.34. The first-order valence-electron chi connectivity index (χ1n) is 9.64. The van der Waals surface area contributed by atoms with Crippen LogP contribution in [0.2, 0.25) is 0 Å². The van der Waals surface area contributed by atoms with Crippen LogP contribution in [0.15, 0.2) is 48.5 Å². The highest BCUT2D eigenvalue weighted by atomic mass is 32.2. The normalized spacial score (nSPS) is 15.6. The Kier molecular flexibility index (Phi) is 6.50. The molecule has 9 heteroatoms. The Morgan fingerprint density at radius 1 is 1.07 bits per heavy atom. The van der Waals surface area contributed by atoms with Crippen LogP contribution in [0.1, 0.15) is 6.92 Å². The highest BCUT2D eigenvalue weighted by Gasteiger charge is 2.33. The zero-order valence-corrected chi connectivity index (χ0v) is 18.1. The molecule has 1 amide bonds. The topological polar surface area (TPSA) is 70.2 Å². The maximum Gasteiger partial charge on any atom is 0.246 e. The minimum atomic E-state index is -3.69. The van der Waals surface area contributed by atoms with E-state index >= 15 is 0 Å². The predicted molar refractivity (Wildman–Crippen MR) is 115 cm³/mol. The Labute approximate surface area is 176 Å². The number of carbonyl (C=O) groups is 1. The first-order valence-corrected chi connectivity index (χ1v) is 11.5. The molecule has 2 aromatic carbocycles. The zero-order chi connectivity index (χ0) is 21.9. The number of ether oxygens (including phenoxy) is 1. The number of methoxy groups -OCH3 is 1. The van der Waals surface area contributed by atoms with Crippen molar-refractivity contribution in [2.45, 2.75) is 13.0 Å². The molecule has 0 spiro atoms. The van der Waals surface area contributed by atoms with E-state index < -0.39 is 16.1 Å². The second kappa shape index (κ2) is 8.91. The first-order chi connectivity index (χ1) is 14.2. The molecule has 0 bridgehead atoms. The smallest absolute Gasteiger partial charge is 0.246 e. The van der Waals surface area contributed by atoms with Crippen LogP contribution < -0.4 is 13.9 Å². The molecule has 1 atom stereocenters. The van der Waals surface area contributed by atoms with Crippen LogP contribution in [0.5, 0.6) is 5.75 Å². The maximum absolute atomic E-state index is 14.0. The van der Waals surface area contributed by atoms with Gasteiger partial charge in [0.1, 0.15) is 17.6 Å². The molecule has 30 heavy (non-hydrogen) atoms. The van der Waals surface area contributed by atoms with Crippen molar-refractivity contribution in [3.63, 3.8) is 0 Å². The molecule has 1 fully saturated rings. The fourth-order valence-corrected chi connectivity index (χ4v) is 4.84. The Balaban J connectivity index is 1.73. The fraction of sp³-hybridized carbons (Fsp3) is 0.381. The number of rotatable bonds is 6. The van der Waals surface area contributed by atoms with Crippen LogP contribution in [-0.4, -0.2) is 64.8 Å². The van der Waals surface area contributed by atoms with Crippen LogP contribution >= 0.6 is 0 Å². The number of benzene rings is 2. The molecule has 162 valence electrons. The Morgan fingerprint density at radius 3 is 2.20 bits per heavy atom. The van der Waals surface area contributed by atoms with Crippen LogP contribution in [0.3, 0.4) is 0 Å². The minimum absolute atomic E-state index is 0.288. The molecule has 7 nitrogen and oxygen atoms in total. The molecule has 3 rings (SSSR count). The van der Waals surface area contributed by atoms with E-state index in [1.807, 2.05) is 4.90 Å². The van der Waals surface area contributed by atoms with E-state index in [1.54, 1.807) is 54.3 Å². The number of anilines is 2. The number of hydrogen-bond donors (Lipinski definition) is 0. The van der Waals surface area contributed by atoms with Gasteiger partial charge < -0.3 is 14.5 Å². The summed E-state index contributed by atoms with van der Waals surface area (Å²) in [5.41, 5.74) is 0.901. The summed E-state index contributed by atoms with van der Waals surface area (Å²) in [7, 11) is -2.17. The number of halogens is 1. The van der Waals surface area contributed by atoms with Crippen LogP contribution in [-0.2, 0) is 14.8 Å². The SMILES string of the molecule is COc1ccc(N([C@@H](C)C(=O)N2CCN(c3ccccc3F)CC2)S(C)(=O)=O)cc1. The lowest BCUT2D eigenvalue weighted by atomic mass is 10.2. The van der Waals surface area contributed by atoms with E-state index in [0.29, 0.717) is 43.3 Å². The summed E-state index contributed by atoms with van der Waals surface area (Å²) >= 11 is 0. The average Bonchev–Trinajstić information content (AvgIpc) is 2.73. The number of para-hydroxylation sites is 1. The molecule has 1 heterocycles. The lowest BCUT2D eigenvalue weighted by Crippen LogP contribution is -2.55. The summed E-state index contributed by atoms with van der Waals surface area (Å²) in [4.78, 5) is 16.6. The van der Waals surface area contributed by atoms with Crippen LogP contribution in [0, 0.1) is 5.82 Å². The summed E-state index contributed by atoms with van der Waals surface area (Å²) in [5.74, 6) is 0.00766. The molecular weight excluding hydrogens is 409 g/mol. The van der Waals surface area contributed by atoms with Gasteiger partial charge in [-0.3, -0.25) is 9.10 Å². The molecule has 1 aliphatic heterocycles. The number of carbonyl (C=O) groups excluding carboxylic acids is 1. The van der Waals surface area contributed by atoms with Crippen molar-refractivity contribution in [1.82, 2.24) is 4.90 Å². The van der Waals surface area contributed by atoms with Crippen molar-refractivity contribution in [3.05, 3.63) is 54.3 Å². The molecule has 1 aliphatic rings. The van der Waals surface area contributed by atoms with Gasteiger partial charge in [0.2, 0.25) is 15.9 Å². The van der Waals surface area contributed by atoms with Crippen molar-refractivity contribution in [1.29, 1.82) is 0 Å². The van der Waals surface area contributed by atoms with Gasteiger partial charge in [-0.2, -0.15) is 0 Å². The van der Waals surface area contributed by atoms with Gasteiger partial charge in [-0.05, 0) is 43.3 Å². The number of hydrogen-bond acceptors (Lipinski definition) is 5. The lowest BCUT2D eigenvalue weighted by Gasteiger charge is -2.39. The van der Waals surface area contributed by atoms with Crippen LogP contribution in [0.4, 0.5) is 15.8 Å². The number of sulfonamides is 1. The van der Waals surface area contributed by atoms with E-state index in [4.69, 9.17) is 4.74 Å². The highest BCUT2D eigenvalue weighted by molar-refractivity contribution is 7.92. The van der Waals surface area contributed by atoms with Crippen molar-refractivity contribution < 1.29 is 22.3 Å². The third kappa shape index (κ3) is 4.67. The Bertz CT molecular complexity index is 990. The van der Waals surface area contributed by atoms with Crippen LogP contribution in [0.25, 0.3) is 0 Å². The minimum Gasteiger partial charge on any atom is -0.497 e. The largest absolute Gasteiger partial charge is 0.497 e. The first kappa shape index (κ1) is 21.9. The molecule has 0 aromatic heterocycles. The maximum atomic E-state index is 14.0. The zero-order valence-electron chi connectivity index (χ0n) is 17.3. The molecule has 0 unspecified atom stereocenters. The Morgan fingerprint density at radius 2 is 1.67 bits per heavy atom. The van der Waals surface area contributed by atoms with Crippen molar-refractivity contribution in [3.8, 4) is 5.75 Å². The summed E-state index contributed by atoms with van der Waals surface area (Å²) in [6.45, 7) is 3.30. The second-order valence-corrected chi connectivity index (χ2v) is 9.06. The third-order valence-electron chi connectivity index (χ3n) is 5.18. The number of nitrogens with zero attached hydrogens (tertiary/aromatic N) is 3. The van der Waals surface area contributed by atoms with Gasteiger partial charge in [-0.1, -0.05) is 12.1 Å². The second-order valence-electron chi connectivity index (χ2n) is 7.20. The van der Waals surface area contributed by atoms with Crippen molar-refractivity contribution in [2.24, 2.45) is 0 Å². The van der Waals surface area contributed by atoms with E-state index in [1.165, 1.54) is 13.2 Å². The molecular formula is C21H26FN3O4S. The molecule has 0 radical (unpaired) electrons.